The summed E-state index contributed by atoms with van der Waals surface area (Å²) in [4.78, 5) is 23.6. The minimum atomic E-state index is -0.822. The van der Waals surface area contributed by atoms with Gasteiger partial charge in [-0.3, -0.25) is 9.59 Å². The molecule has 1 heterocycles. The van der Waals surface area contributed by atoms with Gasteiger partial charge < -0.3 is 14.6 Å². The van der Waals surface area contributed by atoms with Gasteiger partial charge in [0.25, 0.3) is 5.91 Å². The van der Waals surface area contributed by atoms with E-state index in [1.165, 1.54) is 11.8 Å². The smallest absolute Gasteiger partial charge is 0.317 e. The highest BCUT2D eigenvalue weighted by atomic mass is 35.5. The lowest BCUT2D eigenvalue weighted by atomic mass is 10.2. The highest BCUT2D eigenvalue weighted by molar-refractivity contribution is 7.99. The van der Waals surface area contributed by atoms with Crippen molar-refractivity contribution in [3.8, 4) is 11.4 Å². The van der Waals surface area contributed by atoms with Crippen molar-refractivity contribution in [1.29, 1.82) is 0 Å². The fourth-order valence-corrected chi connectivity index (χ4v) is 3.13. The molecule has 0 fully saturated rings. The fourth-order valence-electron chi connectivity index (χ4n) is 2.22. The molecule has 2 rings (SSSR count). The highest BCUT2D eigenvalue weighted by Gasteiger charge is 2.19. The fraction of sp³-hybridized carbons (Fsp3) is 0.412. The van der Waals surface area contributed by atoms with Crippen molar-refractivity contribution in [2.45, 2.75) is 38.6 Å². The normalized spacial score (nSPS) is 11.8. The van der Waals surface area contributed by atoms with Crippen LogP contribution in [0, 0.1) is 0 Å². The van der Waals surface area contributed by atoms with E-state index < -0.39 is 12.1 Å². The quantitative estimate of drug-likeness (QED) is 0.545. The van der Waals surface area contributed by atoms with Gasteiger partial charge in [0.1, 0.15) is 0 Å². The van der Waals surface area contributed by atoms with Crippen LogP contribution in [0.2, 0.25) is 5.02 Å². The molecule has 1 aromatic carbocycles. The molecule has 0 spiro atoms. The van der Waals surface area contributed by atoms with Crippen LogP contribution in [0.25, 0.3) is 11.4 Å². The summed E-state index contributed by atoms with van der Waals surface area (Å²) in [5, 5.41) is 12.2. The summed E-state index contributed by atoms with van der Waals surface area (Å²) in [6.07, 6.45) is -0.822. The third-order valence-corrected chi connectivity index (χ3v) is 4.68. The Morgan fingerprint density at radius 1 is 1.27 bits per heavy atom. The summed E-state index contributed by atoms with van der Waals surface area (Å²) in [7, 11) is 0. The maximum atomic E-state index is 12.0. The van der Waals surface area contributed by atoms with Crippen molar-refractivity contribution < 1.29 is 14.3 Å². The van der Waals surface area contributed by atoms with E-state index in [0.717, 1.165) is 5.56 Å². The Morgan fingerprint density at radius 3 is 2.58 bits per heavy atom. The van der Waals surface area contributed by atoms with Gasteiger partial charge in [0.15, 0.2) is 17.1 Å². The first-order valence-electron chi connectivity index (χ1n) is 8.25. The zero-order chi connectivity index (χ0) is 19.1. The zero-order valence-corrected chi connectivity index (χ0v) is 16.4. The second-order valence-corrected chi connectivity index (χ2v) is 6.75. The van der Waals surface area contributed by atoms with E-state index in [9.17, 15) is 9.59 Å². The number of esters is 1. The van der Waals surface area contributed by atoms with Crippen molar-refractivity contribution in [2.24, 2.45) is 0 Å². The molecule has 0 saturated carbocycles. The van der Waals surface area contributed by atoms with E-state index in [0.29, 0.717) is 29.1 Å². The van der Waals surface area contributed by atoms with Gasteiger partial charge in [0, 0.05) is 23.7 Å². The molecule has 140 valence electrons. The molecule has 9 heteroatoms. The maximum absolute atomic E-state index is 12.0. The summed E-state index contributed by atoms with van der Waals surface area (Å²) < 4.78 is 7.03. The Kier molecular flexibility index (Phi) is 7.47. The van der Waals surface area contributed by atoms with Crippen molar-refractivity contribution in [1.82, 2.24) is 20.1 Å². The van der Waals surface area contributed by atoms with Crippen molar-refractivity contribution in [3.05, 3.63) is 29.3 Å². The van der Waals surface area contributed by atoms with Crippen molar-refractivity contribution >= 4 is 35.2 Å². The number of halogens is 1. The van der Waals surface area contributed by atoms with Crippen molar-refractivity contribution in [3.63, 3.8) is 0 Å². The number of hydrogen-bond acceptors (Lipinski definition) is 6. The molecule has 7 nitrogen and oxygen atoms in total. The Labute approximate surface area is 161 Å². The summed E-state index contributed by atoms with van der Waals surface area (Å²) in [5.41, 5.74) is 0.892. The minimum absolute atomic E-state index is 0.0441. The minimum Gasteiger partial charge on any atom is -0.452 e. The van der Waals surface area contributed by atoms with Gasteiger partial charge >= 0.3 is 5.97 Å². The summed E-state index contributed by atoms with van der Waals surface area (Å²) in [5.74, 6) is -0.0431. The molecule has 26 heavy (non-hydrogen) atoms. The topological polar surface area (TPSA) is 86.1 Å². The van der Waals surface area contributed by atoms with E-state index in [-0.39, 0.29) is 11.7 Å². The van der Waals surface area contributed by atoms with Gasteiger partial charge in [-0.15, -0.1) is 10.2 Å². The number of amides is 1. The van der Waals surface area contributed by atoms with Crippen LogP contribution in [-0.2, 0) is 20.9 Å². The average molecular weight is 397 g/mol. The zero-order valence-electron chi connectivity index (χ0n) is 14.9. The van der Waals surface area contributed by atoms with Gasteiger partial charge in [-0.1, -0.05) is 23.4 Å². The molecule has 1 aromatic heterocycles. The summed E-state index contributed by atoms with van der Waals surface area (Å²) in [6.45, 7) is 6.46. The SMILES string of the molecule is CCNC(=O)[C@@H](C)OC(=O)CSc1nnc(-c2ccc(Cl)cc2)n1CC. The van der Waals surface area contributed by atoms with Gasteiger partial charge in [-0.2, -0.15) is 0 Å². The van der Waals surface area contributed by atoms with Crippen LogP contribution in [0.15, 0.2) is 29.4 Å². The number of carbonyl (C=O) groups excluding carboxylic acids is 2. The largest absolute Gasteiger partial charge is 0.452 e. The number of carbonyl (C=O) groups is 2. The van der Waals surface area contributed by atoms with Crippen LogP contribution in [0.5, 0.6) is 0 Å². The number of benzene rings is 1. The Morgan fingerprint density at radius 2 is 1.96 bits per heavy atom. The summed E-state index contributed by atoms with van der Waals surface area (Å²) in [6, 6.07) is 7.32. The van der Waals surface area contributed by atoms with E-state index in [2.05, 4.69) is 15.5 Å². The monoisotopic (exact) mass is 396 g/mol. The average Bonchev–Trinajstić information content (AvgIpc) is 3.03. The van der Waals surface area contributed by atoms with Gasteiger partial charge in [-0.25, -0.2) is 0 Å². The first-order chi connectivity index (χ1) is 12.5. The number of thioether (sulfide) groups is 1. The lowest BCUT2D eigenvalue weighted by molar-refractivity contribution is -0.152. The molecule has 0 aliphatic rings. The number of nitrogens with zero attached hydrogens (tertiary/aromatic N) is 3. The first kappa shape index (κ1) is 20.3. The molecule has 0 saturated heterocycles. The van der Waals surface area contributed by atoms with Crippen LogP contribution in [0.4, 0.5) is 0 Å². The molecule has 2 aromatic rings. The predicted octanol–water partition coefficient (Wildman–Crippen LogP) is 2.78. The molecule has 0 unspecified atom stereocenters. The van der Waals surface area contributed by atoms with Gasteiger partial charge in [0.05, 0.1) is 5.75 Å². The van der Waals surface area contributed by atoms with Crippen LogP contribution in [0.1, 0.15) is 20.8 Å². The third kappa shape index (κ3) is 5.22. The number of hydrogen-bond donors (Lipinski definition) is 1. The molecule has 0 aliphatic carbocycles. The summed E-state index contributed by atoms with van der Waals surface area (Å²) >= 11 is 7.14. The molecule has 0 bridgehead atoms. The van der Waals surface area contributed by atoms with E-state index in [1.807, 2.05) is 23.6 Å². The van der Waals surface area contributed by atoms with E-state index in [4.69, 9.17) is 16.3 Å². The number of likely N-dealkylation sites (N-methyl/N-ethyl adjacent to an activating group) is 1. The van der Waals surface area contributed by atoms with Crippen LogP contribution in [0.3, 0.4) is 0 Å². The molecule has 0 radical (unpaired) electrons. The lowest BCUT2D eigenvalue weighted by Gasteiger charge is -2.12. The van der Waals surface area contributed by atoms with Gasteiger partial charge in [0.2, 0.25) is 0 Å². The van der Waals surface area contributed by atoms with Crippen LogP contribution >= 0.6 is 23.4 Å². The molecule has 1 amide bonds. The number of aromatic nitrogens is 3. The Hall–Kier alpha value is -2.06. The second kappa shape index (κ2) is 9.59. The van der Waals surface area contributed by atoms with E-state index >= 15 is 0 Å². The number of ether oxygens (including phenoxy) is 1. The molecule has 0 aliphatic heterocycles. The molecule has 1 N–H and O–H groups in total. The highest BCUT2D eigenvalue weighted by Crippen LogP contribution is 2.25. The predicted molar refractivity (Wildman–Crippen MR) is 101 cm³/mol. The van der Waals surface area contributed by atoms with E-state index in [1.54, 1.807) is 26.0 Å². The third-order valence-electron chi connectivity index (χ3n) is 3.48. The molecule has 1 atom stereocenters. The van der Waals surface area contributed by atoms with Crippen LogP contribution < -0.4 is 5.32 Å². The lowest BCUT2D eigenvalue weighted by Crippen LogP contribution is -2.35. The van der Waals surface area contributed by atoms with Crippen molar-refractivity contribution in [2.75, 3.05) is 12.3 Å². The molecular weight excluding hydrogens is 376 g/mol. The number of nitrogens with one attached hydrogen (secondary N) is 1. The first-order valence-corrected chi connectivity index (χ1v) is 9.61. The molecular formula is C17H21ClN4O3S. The second-order valence-electron chi connectivity index (χ2n) is 5.37. The standard InChI is InChI=1S/C17H21ClN4O3S/c1-4-19-16(24)11(3)25-14(23)10-26-17-21-20-15(22(17)5-2)12-6-8-13(18)9-7-12/h6-9,11H,4-5,10H2,1-3H3,(H,19,24)/t11-/m1/s1. The van der Waals surface area contributed by atoms with Gasteiger partial charge in [-0.05, 0) is 45.0 Å². The van der Waals surface area contributed by atoms with Crippen LogP contribution in [-0.4, -0.2) is 45.0 Å². The Balaban J connectivity index is 2.01. The maximum Gasteiger partial charge on any atom is 0.317 e. The number of rotatable bonds is 8. The Bertz CT molecular complexity index is 764.